The van der Waals surface area contributed by atoms with Crippen LogP contribution in [0.5, 0.6) is 5.75 Å². The van der Waals surface area contributed by atoms with Gasteiger partial charge < -0.3 is 10.1 Å². The van der Waals surface area contributed by atoms with Gasteiger partial charge in [0.15, 0.2) is 0 Å². The van der Waals surface area contributed by atoms with Crippen LogP contribution in [-0.2, 0) is 6.42 Å². The first-order valence-corrected chi connectivity index (χ1v) is 4.60. The molecule has 68 valence electrons. The van der Waals surface area contributed by atoms with Crippen LogP contribution < -0.4 is 0 Å². The van der Waals surface area contributed by atoms with Crippen molar-refractivity contribution in [3.63, 3.8) is 0 Å². The summed E-state index contributed by atoms with van der Waals surface area (Å²) in [6.45, 7) is 2.15. The van der Waals surface area contributed by atoms with E-state index in [1.165, 1.54) is 5.56 Å². The van der Waals surface area contributed by atoms with E-state index in [1.807, 2.05) is 18.3 Å². The number of phenolic OH excluding ortho intramolecular Hbond substituents is 1. The fraction of sp³-hybridized carbons (Fsp3) is 0.273. The highest BCUT2D eigenvalue weighted by Crippen LogP contribution is 2.23. The van der Waals surface area contributed by atoms with E-state index in [0.717, 1.165) is 23.7 Å². The SMILES string of the molecule is CCCc1c[nH]c2ccc(O)cc12. The summed E-state index contributed by atoms with van der Waals surface area (Å²) in [6.07, 6.45) is 4.21. The molecule has 0 aliphatic heterocycles. The van der Waals surface area contributed by atoms with Gasteiger partial charge in [-0.25, -0.2) is 0 Å². The summed E-state index contributed by atoms with van der Waals surface area (Å²) < 4.78 is 0. The van der Waals surface area contributed by atoms with E-state index in [4.69, 9.17) is 0 Å². The number of fused-ring (bicyclic) bond motifs is 1. The first-order valence-electron chi connectivity index (χ1n) is 4.60. The molecule has 0 saturated heterocycles. The molecule has 0 amide bonds. The number of aryl methyl sites for hydroxylation is 1. The predicted molar refractivity (Wildman–Crippen MR) is 54.0 cm³/mol. The predicted octanol–water partition coefficient (Wildman–Crippen LogP) is 2.83. The second-order valence-electron chi connectivity index (χ2n) is 3.29. The number of aromatic amines is 1. The molecule has 0 unspecified atom stereocenters. The third-order valence-corrected chi connectivity index (χ3v) is 2.27. The van der Waals surface area contributed by atoms with Crippen molar-refractivity contribution in [3.05, 3.63) is 30.0 Å². The first kappa shape index (κ1) is 8.17. The van der Waals surface area contributed by atoms with Gasteiger partial charge in [0.05, 0.1) is 0 Å². The van der Waals surface area contributed by atoms with Crippen LogP contribution >= 0.6 is 0 Å². The maximum atomic E-state index is 9.33. The van der Waals surface area contributed by atoms with Crippen LogP contribution in [0.2, 0.25) is 0 Å². The van der Waals surface area contributed by atoms with Crippen LogP contribution in [0.1, 0.15) is 18.9 Å². The third kappa shape index (κ3) is 1.39. The van der Waals surface area contributed by atoms with E-state index in [1.54, 1.807) is 6.07 Å². The van der Waals surface area contributed by atoms with Crippen LogP contribution in [0.4, 0.5) is 0 Å². The topological polar surface area (TPSA) is 36.0 Å². The Bertz CT molecular complexity index is 417. The molecule has 0 bridgehead atoms. The van der Waals surface area contributed by atoms with Gasteiger partial charge in [-0.15, -0.1) is 0 Å². The molecule has 0 spiro atoms. The van der Waals surface area contributed by atoms with Crippen molar-refractivity contribution in [1.82, 2.24) is 4.98 Å². The molecular formula is C11H13NO. The van der Waals surface area contributed by atoms with Crippen LogP contribution in [-0.4, -0.2) is 10.1 Å². The fourth-order valence-corrected chi connectivity index (χ4v) is 1.64. The summed E-state index contributed by atoms with van der Waals surface area (Å²) in [7, 11) is 0. The zero-order chi connectivity index (χ0) is 9.26. The molecule has 1 aromatic carbocycles. The number of benzene rings is 1. The number of nitrogens with one attached hydrogen (secondary N) is 1. The molecule has 0 fully saturated rings. The molecule has 2 nitrogen and oxygen atoms in total. The smallest absolute Gasteiger partial charge is 0.116 e. The van der Waals surface area contributed by atoms with E-state index in [2.05, 4.69) is 11.9 Å². The Labute approximate surface area is 77.2 Å². The van der Waals surface area contributed by atoms with Gasteiger partial charge in [0.2, 0.25) is 0 Å². The fourth-order valence-electron chi connectivity index (χ4n) is 1.64. The molecule has 13 heavy (non-hydrogen) atoms. The highest BCUT2D eigenvalue weighted by atomic mass is 16.3. The van der Waals surface area contributed by atoms with Crippen molar-refractivity contribution in [2.75, 3.05) is 0 Å². The minimum Gasteiger partial charge on any atom is -0.508 e. The molecule has 0 saturated carbocycles. The molecule has 1 aromatic heterocycles. The Balaban J connectivity index is 2.58. The van der Waals surface area contributed by atoms with E-state index in [0.29, 0.717) is 5.75 Å². The number of aromatic nitrogens is 1. The number of phenols is 1. The van der Waals surface area contributed by atoms with Crippen molar-refractivity contribution < 1.29 is 5.11 Å². The van der Waals surface area contributed by atoms with E-state index < -0.39 is 0 Å². The quantitative estimate of drug-likeness (QED) is 0.723. The van der Waals surface area contributed by atoms with Crippen LogP contribution in [0.25, 0.3) is 10.9 Å². The first-order chi connectivity index (χ1) is 6.31. The van der Waals surface area contributed by atoms with Gasteiger partial charge >= 0.3 is 0 Å². The zero-order valence-corrected chi connectivity index (χ0v) is 7.67. The monoisotopic (exact) mass is 175 g/mol. The van der Waals surface area contributed by atoms with E-state index in [9.17, 15) is 5.11 Å². The average Bonchev–Trinajstić information content (AvgIpc) is 2.49. The Kier molecular flexibility index (Phi) is 1.97. The molecular weight excluding hydrogens is 162 g/mol. The summed E-state index contributed by atoms with van der Waals surface area (Å²) in [4.78, 5) is 3.19. The van der Waals surface area contributed by atoms with Gasteiger partial charge in [0, 0.05) is 17.1 Å². The zero-order valence-electron chi connectivity index (χ0n) is 7.67. The van der Waals surface area contributed by atoms with Crippen molar-refractivity contribution >= 4 is 10.9 Å². The lowest BCUT2D eigenvalue weighted by molar-refractivity contribution is 0.476. The lowest BCUT2D eigenvalue weighted by Crippen LogP contribution is -1.78. The van der Waals surface area contributed by atoms with Crippen LogP contribution in [0.3, 0.4) is 0 Å². The third-order valence-electron chi connectivity index (χ3n) is 2.27. The second-order valence-corrected chi connectivity index (χ2v) is 3.29. The maximum Gasteiger partial charge on any atom is 0.116 e. The lowest BCUT2D eigenvalue weighted by Gasteiger charge is -1.96. The Morgan fingerprint density at radius 1 is 1.38 bits per heavy atom. The Morgan fingerprint density at radius 3 is 3.00 bits per heavy atom. The standard InChI is InChI=1S/C11H13NO/c1-2-3-8-7-12-11-5-4-9(13)6-10(8)11/h4-7,12-13H,2-3H2,1H3. The Hall–Kier alpha value is -1.44. The minimum atomic E-state index is 0.337. The molecule has 2 N–H and O–H groups in total. The summed E-state index contributed by atoms with van der Waals surface area (Å²) >= 11 is 0. The molecule has 0 aliphatic rings. The number of hydrogen-bond acceptors (Lipinski definition) is 1. The largest absolute Gasteiger partial charge is 0.508 e. The summed E-state index contributed by atoms with van der Waals surface area (Å²) in [5, 5.41) is 10.5. The average molecular weight is 175 g/mol. The number of hydrogen-bond donors (Lipinski definition) is 2. The van der Waals surface area contributed by atoms with E-state index >= 15 is 0 Å². The van der Waals surface area contributed by atoms with Crippen molar-refractivity contribution in [2.24, 2.45) is 0 Å². The molecule has 1 heterocycles. The van der Waals surface area contributed by atoms with Gasteiger partial charge in [-0.3, -0.25) is 0 Å². The van der Waals surface area contributed by atoms with Crippen molar-refractivity contribution in [2.45, 2.75) is 19.8 Å². The van der Waals surface area contributed by atoms with E-state index in [-0.39, 0.29) is 0 Å². The van der Waals surface area contributed by atoms with Gasteiger partial charge in [-0.05, 0) is 30.2 Å². The van der Waals surface area contributed by atoms with Gasteiger partial charge in [-0.1, -0.05) is 13.3 Å². The molecule has 2 aromatic rings. The molecule has 0 radical (unpaired) electrons. The molecule has 2 heteroatoms. The minimum absolute atomic E-state index is 0.337. The molecule has 0 atom stereocenters. The lowest BCUT2D eigenvalue weighted by atomic mass is 10.1. The number of H-pyrrole nitrogens is 1. The Morgan fingerprint density at radius 2 is 2.23 bits per heavy atom. The van der Waals surface area contributed by atoms with Gasteiger partial charge in [0.1, 0.15) is 5.75 Å². The van der Waals surface area contributed by atoms with Gasteiger partial charge in [0.25, 0.3) is 0 Å². The highest BCUT2D eigenvalue weighted by Gasteiger charge is 2.02. The molecule has 2 rings (SSSR count). The van der Waals surface area contributed by atoms with Crippen molar-refractivity contribution in [3.8, 4) is 5.75 Å². The summed E-state index contributed by atoms with van der Waals surface area (Å²) in [5.41, 5.74) is 2.38. The van der Waals surface area contributed by atoms with Crippen LogP contribution in [0.15, 0.2) is 24.4 Å². The number of aromatic hydroxyl groups is 1. The maximum absolute atomic E-state index is 9.33. The van der Waals surface area contributed by atoms with Gasteiger partial charge in [-0.2, -0.15) is 0 Å². The number of rotatable bonds is 2. The second kappa shape index (κ2) is 3.13. The summed E-state index contributed by atoms with van der Waals surface area (Å²) in [6, 6.07) is 5.43. The normalized spacial score (nSPS) is 10.8. The molecule has 0 aliphatic carbocycles. The van der Waals surface area contributed by atoms with Crippen LogP contribution in [0, 0.1) is 0 Å². The van der Waals surface area contributed by atoms with Crippen molar-refractivity contribution in [1.29, 1.82) is 0 Å². The highest BCUT2D eigenvalue weighted by molar-refractivity contribution is 5.84. The summed E-state index contributed by atoms with van der Waals surface area (Å²) in [5.74, 6) is 0.337.